The van der Waals surface area contributed by atoms with E-state index in [4.69, 9.17) is 10.0 Å². The fraction of sp³-hybridized carbons (Fsp3) is 0.364. The summed E-state index contributed by atoms with van der Waals surface area (Å²) in [5.74, 6) is -12.2. The molecule has 128 valence electrons. The molecule has 1 rings (SSSR count). The highest BCUT2D eigenvalue weighted by Gasteiger charge is 2.71. The average Bonchev–Trinajstić information content (AvgIpc) is 2.35. The summed E-state index contributed by atoms with van der Waals surface area (Å²) < 4.78 is 79.4. The molecule has 1 aromatic rings. The summed E-state index contributed by atoms with van der Waals surface area (Å²) in [5.41, 5.74) is -2.93. The molecule has 0 heterocycles. The van der Waals surface area contributed by atoms with Crippen LogP contribution in [0.15, 0.2) is 18.2 Å². The maximum Gasteiger partial charge on any atom is 0.488 e. The van der Waals surface area contributed by atoms with Crippen LogP contribution in [-0.2, 0) is 10.7 Å². The van der Waals surface area contributed by atoms with Crippen LogP contribution in [0.1, 0.15) is 12.5 Å². The molecule has 0 bridgehead atoms. The molecular formula is C11H9BClF6NO3. The SMILES string of the molecule is CC(=O)Nc1cc(B(O)O)cc(C(F)(F)C(F)(F)C(F)(F)Cl)c1. The third-order valence-electron chi connectivity index (χ3n) is 2.69. The van der Waals surface area contributed by atoms with Gasteiger partial charge in [0, 0.05) is 18.2 Å². The van der Waals surface area contributed by atoms with Crippen molar-refractivity contribution < 1.29 is 41.2 Å². The number of nitrogens with one attached hydrogen (secondary N) is 1. The number of carbonyl (C=O) groups excluding carboxylic acids is 1. The molecule has 12 heteroatoms. The van der Waals surface area contributed by atoms with Crippen molar-refractivity contribution in [3.8, 4) is 0 Å². The van der Waals surface area contributed by atoms with Crippen molar-refractivity contribution in [2.75, 3.05) is 5.32 Å². The van der Waals surface area contributed by atoms with E-state index >= 15 is 0 Å². The van der Waals surface area contributed by atoms with Crippen molar-refractivity contribution in [2.45, 2.75) is 24.2 Å². The van der Waals surface area contributed by atoms with E-state index in [-0.39, 0.29) is 6.07 Å². The van der Waals surface area contributed by atoms with Gasteiger partial charge in [-0.15, -0.1) is 0 Å². The lowest BCUT2D eigenvalue weighted by Gasteiger charge is -2.30. The molecule has 3 N–H and O–H groups in total. The van der Waals surface area contributed by atoms with E-state index in [0.717, 1.165) is 13.0 Å². The Hall–Kier alpha value is -1.46. The van der Waals surface area contributed by atoms with Crippen LogP contribution in [-0.4, -0.2) is 34.4 Å². The number of amides is 1. The van der Waals surface area contributed by atoms with E-state index in [0.29, 0.717) is 6.07 Å². The molecule has 4 nitrogen and oxygen atoms in total. The largest absolute Gasteiger partial charge is 0.488 e. The van der Waals surface area contributed by atoms with Crippen molar-refractivity contribution in [3.63, 3.8) is 0 Å². The van der Waals surface area contributed by atoms with Gasteiger partial charge in [-0.25, -0.2) is 0 Å². The fourth-order valence-electron chi connectivity index (χ4n) is 1.62. The molecule has 23 heavy (non-hydrogen) atoms. The minimum atomic E-state index is -5.98. The highest BCUT2D eigenvalue weighted by Crippen LogP contribution is 2.52. The van der Waals surface area contributed by atoms with Gasteiger partial charge in [0.2, 0.25) is 5.91 Å². The Morgan fingerprint density at radius 2 is 1.65 bits per heavy atom. The number of rotatable bonds is 5. The van der Waals surface area contributed by atoms with Gasteiger partial charge in [-0.2, -0.15) is 26.3 Å². The Morgan fingerprint density at radius 3 is 2.04 bits per heavy atom. The maximum absolute atomic E-state index is 13.8. The van der Waals surface area contributed by atoms with Crippen LogP contribution < -0.4 is 10.8 Å². The smallest absolute Gasteiger partial charge is 0.423 e. The zero-order chi connectivity index (χ0) is 18.2. The third kappa shape index (κ3) is 3.90. The summed E-state index contributed by atoms with van der Waals surface area (Å²) >= 11 is 4.05. The summed E-state index contributed by atoms with van der Waals surface area (Å²) in [6.07, 6.45) is 0. The lowest BCUT2D eigenvalue weighted by Crippen LogP contribution is -2.50. The molecule has 1 amide bonds. The van der Waals surface area contributed by atoms with Gasteiger partial charge in [0.25, 0.3) is 0 Å². The molecule has 0 aliphatic carbocycles. The summed E-state index contributed by atoms with van der Waals surface area (Å²) in [6.45, 7) is 0.960. The van der Waals surface area contributed by atoms with Crippen LogP contribution in [0.5, 0.6) is 0 Å². The van der Waals surface area contributed by atoms with E-state index in [9.17, 15) is 31.1 Å². The van der Waals surface area contributed by atoms with Gasteiger partial charge in [-0.05, 0) is 29.2 Å². The first-order valence-corrected chi connectivity index (χ1v) is 6.19. The Bertz CT molecular complexity index is 608. The molecule has 0 spiro atoms. The Kier molecular flexibility index (Phi) is 5.29. The molecule has 1 aromatic carbocycles. The average molecular weight is 363 g/mol. The lowest BCUT2D eigenvalue weighted by molar-refractivity contribution is -0.286. The van der Waals surface area contributed by atoms with Crippen LogP contribution >= 0.6 is 11.6 Å². The summed E-state index contributed by atoms with van der Waals surface area (Å²) in [6, 6.07) is 1.28. The van der Waals surface area contributed by atoms with Crippen molar-refractivity contribution in [1.82, 2.24) is 0 Å². The van der Waals surface area contributed by atoms with Crippen molar-refractivity contribution in [2.24, 2.45) is 0 Å². The molecule has 0 aliphatic rings. The molecule has 0 saturated carbocycles. The van der Waals surface area contributed by atoms with Gasteiger partial charge in [0.1, 0.15) is 0 Å². The minimum Gasteiger partial charge on any atom is -0.423 e. The summed E-state index contributed by atoms with van der Waals surface area (Å²) in [4.78, 5) is 10.9. The predicted molar refractivity (Wildman–Crippen MR) is 70.2 cm³/mol. The second-order valence-electron chi connectivity index (χ2n) is 4.55. The van der Waals surface area contributed by atoms with Gasteiger partial charge >= 0.3 is 24.3 Å². The fourth-order valence-corrected chi connectivity index (χ4v) is 1.74. The number of halogens is 7. The molecule has 0 radical (unpaired) electrons. The van der Waals surface area contributed by atoms with Crippen LogP contribution in [0.25, 0.3) is 0 Å². The van der Waals surface area contributed by atoms with Crippen molar-refractivity contribution in [3.05, 3.63) is 23.8 Å². The van der Waals surface area contributed by atoms with E-state index in [1.165, 1.54) is 0 Å². The summed E-state index contributed by atoms with van der Waals surface area (Å²) in [5, 5.41) is 14.3. The number of carbonyl (C=O) groups is 1. The molecule has 0 unspecified atom stereocenters. The van der Waals surface area contributed by atoms with E-state index < -0.39 is 47.0 Å². The van der Waals surface area contributed by atoms with E-state index in [1.54, 1.807) is 0 Å². The second kappa shape index (κ2) is 6.21. The Labute approximate surface area is 131 Å². The number of anilines is 1. The summed E-state index contributed by atoms with van der Waals surface area (Å²) in [7, 11) is -2.37. The van der Waals surface area contributed by atoms with Gasteiger partial charge in [-0.1, -0.05) is 6.07 Å². The van der Waals surface area contributed by atoms with Crippen molar-refractivity contribution >= 4 is 35.8 Å². The number of alkyl halides is 7. The molecule has 0 fully saturated rings. The standard InChI is InChI=1S/C11H9BClF6NO3/c1-5(21)20-8-3-6(2-7(4-8)12(22)23)9(14,15)10(16,17)11(13,18)19/h2-4,22-23H,1H3,(H,20,21). The van der Waals surface area contributed by atoms with E-state index in [2.05, 4.69) is 11.6 Å². The van der Waals surface area contributed by atoms with Crippen LogP contribution in [0.2, 0.25) is 0 Å². The van der Waals surface area contributed by atoms with Gasteiger partial charge < -0.3 is 15.4 Å². The van der Waals surface area contributed by atoms with Gasteiger partial charge in [0.15, 0.2) is 0 Å². The molecule has 0 aliphatic heterocycles. The lowest BCUT2D eigenvalue weighted by atomic mass is 9.78. The molecule has 0 atom stereocenters. The van der Waals surface area contributed by atoms with Crippen LogP contribution in [0.4, 0.5) is 32.0 Å². The Balaban J connectivity index is 3.51. The number of hydrogen-bond donors (Lipinski definition) is 3. The van der Waals surface area contributed by atoms with Crippen molar-refractivity contribution in [1.29, 1.82) is 0 Å². The zero-order valence-corrected chi connectivity index (χ0v) is 12.0. The highest BCUT2D eigenvalue weighted by molar-refractivity contribution is 6.58. The molecular weight excluding hydrogens is 354 g/mol. The number of hydrogen-bond acceptors (Lipinski definition) is 3. The topological polar surface area (TPSA) is 69.6 Å². The van der Waals surface area contributed by atoms with Crippen LogP contribution in [0.3, 0.4) is 0 Å². The second-order valence-corrected chi connectivity index (χ2v) is 5.02. The highest BCUT2D eigenvalue weighted by atomic mass is 35.5. The first kappa shape index (κ1) is 19.6. The van der Waals surface area contributed by atoms with E-state index in [1.807, 2.05) is 5.32 Å². The first-order valence-electron chi connectivity index (χ1n) is 5.81. The quantitative estimate of drug-likeness (QED) is 0.425. The maximum atomic E-state index is 13.8. The normalized spacial score (nSPS) is 13.0. The molecule has 0 aromatic heterocycles. The monoisotopic (exact) mass is 363 g/mol. The predicted octanol–water partition coefficient (Wildman–Crippen LogP) is 1.88. The minimum absolute atomic E-state index is 0.187. The van der Waals surface area contributed by atoms with Crippen LogP contribution in [0, 0.1) is 0 Å². The van der Waals surface area contributed by atoms with Gasteiger partial charge in [0.05, 0.1) is 0 Å². The first-order chi connectivity index (χ1) is 10.2. The Morgan fingerprint density at radius 1 is 1.13 bits per heavy atom. The zero-order valence-electron chi connectivity index (χ0n) is 11.3. The van der Waals surface area contributed by atoms with Gasteiger partial charge in [-0.3, -0.25) is 4.79 Å². The molecule has 0 saturated heterocycles. The number of benzene rings is 1. The third-order valence-corrected chi connectivity index (χ3v) is 2.92.